The molecule has 1 saturated carbocycles. The third-order valence-electron chi connectivity index (χ3n) is 7.29. The standard InChI is InChI=1S/C18H31N3O/c1-2-20-13-15-17(7-9-19-10-8-17)5-6-18(15,14-20)16(22)21-11-3-4-12-21/h15,19H,2-14H2,1H3/t15-,18+/m0/s1. The summed E-state index contributed by atoms with van der Waals surface area (Å²) >= 11 is 0. The number of amides is 1. The molecule has 1 amide bonds. The summed E-state index contributed by atoms with van der Waals surface area (Å²) in [4.78, 5) is 18.2. The maximum atomic E-state index is 13.4. The average Bonchev–Trinajstić information content (AvgIpc) is 3.25. The van der Waals surface area contributed by atoms with E-state index in [-0.39, 0.29) is 5.41 Å². The van der Waals surface area contributed by atoms with Crippen LogP contribution in [0.1, 0.15) is 45.4 Å². The van der Waals surface area contributed by atoms with Crippen LogP contribution in [0.25, 0.3) is 0 Å². The Bertz CT molecular complexity index is 440. The van der Waals surface area contributed by atoms with Gasteiger partial charge in [0, 0.05) is 26.2 Å². The Hall–Kier alpha value is -0.610. The summed E-state index contributed by atoms with van der Waals surface area (Å²) in [7, 11) is 0. The van der Waals surface area contributed by atoms with Gasteiger partial charge in [0.15, 0.2) is 0 Å². The predicted octanol–water partition coefficient (Wildman–Crippen LogP) is 1.71. The minimum Gasteiger partial charge on any atom is -0.342 e. The number of rotatable bonds is 2. The second-order valence-corrected chi connectivity index (χ2v) is 8.15. The molecule has 4 nitrogen and oxygen atoms in total. The fourth-order valence-electron chi connectivity index (χ4n) is 6.01. The Morgan fingerprint density at radius 1 is 1.14 bits per heavy atom. The van der Waals surface area contributed by atoms with E-state index in [2.05, 4.69) is 22.0 Å². The molecule has 3 heterocycles. The van der Waals surface area contributed by atoms with Gasteiger partial charge in [-0.05, 0) is 69.5 Å². The monoisotopic (exact) mass is 305 g/mol. The number of carbonyl (C=O) groups excluding carboxylic acids is 1. The number of nitrogens with one attached hydrogen (secondary N) is 1. The summed E-state index contributed by atoms with van der Waals surface area (Å²) in [5.41, 5.74) is 0.405. The van der Waals surface area contributed by atoms with Crippen LogP contribution in [-0.4, -0.2) is 61.5 Å². The molecule has 0 aromatic rings. The van der Waals surface area contributed by atoms with Crippen LogP contribution >= 0.6 is 0 Å². The van der Waals surface area contributed by atoms with Gasteiger partial charge in [-0.3, -0.25) is 4.79 Å². The maximum Gasteiger partial charge on any atom is 0.230 e. The van der Waals surface area contributed by atoms with Crippen LogP contribution in [0.4, 0.5) is 0 Å². The SMILES string of the molecule is CCN1C[C@H]2C3(CCNCC3)CC[C@@]2(C(=O)N2CCCC2)C1. The van der Waals surface area contributed by atoms with Crippen LogP contribution in [0.15, 0.2) is 0 Å². The van der Waals surface area contributed by atoms with E-state index < -0.39 is 0 Å². The smallest absolute Gasteiger partial charge is 0.230 e. The zero-order valence-electron chi connectivity index (χ0n) is 14.1. The van der Waals surface area contributed by atoms with Gasteiger partial charge < -0.3 is 15.1 Å². The van der Waals surface area contributed by atoms with Crippen molar-refractivity contribution < 1.29 is 4.79 Å². The molecule has 0 radical (unpaired) electrons. The second-order valence-electron chi connectivity index (χ2n) is 8.15. The summed E-state index contributed by atoms with van der Waals surface area (Å²) in [5, 5.41) is 3.53. The third kappa shape index (κ3) is 2.06. The van der Waals surface area contributed by atoms with Gasteiger partial charge in [0.1, 0.15) is 0 Å². The molecule has 4 aliphatic rings. The first kappa shape index (κ1) is 14.9. The molecular weight excluding hydrogens is 274 g/mol. The lowest BCUT2D eigenvalue weighted by molar-refractivity contribution is -0.142. The molecule has 4 fully saturated rings. The van der Waals surface area contributed by atoms with E-state index in [1.807, 2.05) is 0 Å². The molecular formula is C18H31N3O. The van der Waals surface area contributed by atoms with E-state index in [0.29, 0.717) is 17.2 Å². The summed E-state index contributed by atoms with van der Waals surface area (Å²) < 4.78 is 0. The van der Waals surface area contributed by atoms with Gasteiger partial charge in [-0.15, -0.1) is 0 Å². The lowest BCUT2D eigenvalue weighted by atomic mass is 9.66. The molecule has 1 spiro atoms. The quantitative estimate of drug-likeness (QED) is 0.844. The number of hydrogen-bond donors (Lipinski definition) is 1. The van der Waals surface area contributed by atoms with Crippen molar-refractivity contribution >= 4 is 5.91 Å². The minimum atomic E-state index is -0.0440. The fraction of sp³-hybridized carbons (Fsp3) is 0.944. The highest BCUT2D eigenvalue weighted by molar-refractivity contribution is 5.84. The maximum absolute atomic E-state index is 13.4. The van der Waals surface area contributed by atoms with Gasteiger partial charge in [-0.25, -0.2) is 0 Å². The largest absolute Gasteiger partial charge is 0.342 e. The van der Waals surface area contributed by atoms with E-state index >= 15 is 0 Å². The van der Waals surface area contributed by atoms with Crippen molar-refractivity contribution in [3.05, 3.63) is 0 Å². The van der Waals surface area contributed by atoms with Crippen LogP contribution in [0.5, 0.6) is 0 Å². The number of likely N-dealkylation sites (tertiary alicyclic amines) is 2. The average molecular weight is 305 g/mol. The predicted molar refractivity (Wildman–Crippen MR) is 87.6 cm³/mol. The van der Waals surface area contributed by atoms with Crippen LogP contribution in [0.2, 0.25) is 0 Å². The van der Waals surface area contributed by atoms with Crippen molar-refractivity contribution in [2.45, 2.75) is 45.4 Å². The Labute approximate surface area is 134 Å². The first-order valence-corrected chi connectivity index (χ1v) is 9.43. The molecule has 3 saturated heterocycles. The van der Waals surface area contributed by atoms with Gasteiger partial charge >= 0.3 is 0 Å². The van der Waals surface area contributed by atoms with Gasteiger partial charge in [0.25, 0.3) is 0 Å². The normalized spacial score (nSPS) is 37.9. The van der Waals surface area contributed by atoms with E-state index in [1.165, 1.54) is 32.1 Å². The first-order chi connectivity index (χ1) is 10.7. The highest BCUT2D eigenvalue weighted by Crippen LogP contribution is 2.62. The molecule has 0 aromatic carbocycles. The highest BCUT2D eigenvalue weighted by atomic mass is 16.2. The lowest BCUT2D eigenvalue weighted by Crippen LogP contribution is -2.49. The van der Waals surface area contributed by atoms with Crippen molar-refractivity contribution in [1.82, 2.24) is 15.1 Å². The molecule has 124 valence electrons. The number of fused-ring (bicyclic) bond motifs is 2. The number of piperidine rings is 1. The van der Waals surface area contributed by atoms with E-state index in [9.17, 15) is 4.79 Å². The molecule has 0 unspecified atom stereocenters. The summed E-state index contributed by atoms with van der Waals surface area (Å²) in [6.07, 6.45) is 7.41. The van der Waals surface area contributed by atoms with Crippen LogP contribution in [-0.2, 0) is 4.79 Å². The summed E-state index contributed by atoms with van der Waals surface area (Å²) in [6, 6.07) is 0. The summed E-state index contributed by atoms with van der Waals surface area (Å²) in [5.74, 6) is 1.12. The van der Waals surface area contributed by atoms with Crippen molar-refractivity contribution in [3.63, 3.8) is 0 Å². The van der Waals surface area contributed by atoms with E-state index in [1.54, 1.807) is 0 Å². The van der Waals surface area contributed by atoms with Crippen molar-refractivity contribution in [3.8, 4) is 0 Å². The number of carbonyl (C=O) groups is 1. The molecule has 0 bridgehead atoms. The highest BCUT2D eigenvalue weighted by Gasteiger charge is 2.64. The Balaban J connectivity index is 1.64. The summed E-state index contributed by atoms with van der Waals surface area (Å²) in [6.45, 7) is 9.86. The molecule has 1 aliphatic carbocycles. The minimum absolute atomic E-state index is 0.0440. The Morgan fingerprint density at radius 3 is 2.55 bits per heavy atom. The zero-order valence-corrected chi connectivity index (χ0v) is 14.1. The Morgan fingerprint density at radius 2 is 1.86 bits per heavy atom. The van der Waals surface area contributed by atoms with E-state index in [0.717, 1.165) is 52.2 Å². The fourth-order valence-corrected chi connectivity index (χ4v) is 6.01. The topological polar surface area (TPSA) is 35.6 Å². The zero-order chi connectivity index (χ0) is 15.2. The third-order valence-corrected chi connectivity index (χ3v) is 7.29. The van der Waals surface area contributed by atoms with E-state index in [4.69, 9.17) is 0 Å². The van der Waals surface area contributed by atoms with Gasteiger partial charge in [0.2, 0.25) is 5.91 Å². The van der Waals surface area contributed by atoms with Gasteiger partial charge in [-0.1, -0.05) is 6.92 Å². The first-order valence-electron chi connectivity index (χ1n) is 9.43. The lowest BCUT2D eigenvalue weighted by Gasteiger charge is -2.42. The van der Waals surface area contributed by atoms with Crippen LogP contribution in [0.3, 0.4) is 0 Å². The molecule has 22 heavy (non-hydrogen) atoms. The Kier molecular flexibility index (Phi) is 3.73. The van der Waals surface area contributed by atoms with Crippen molar-refractivity contribution in [1.29, 1.82) is 0 Å². The number of hydrogen-bond acceptors (Lipinski definition) is 3. The molecule has 2 atom stereocenters. The molecule has 4 heteroatoms. The van der Waals surface area contributed by atoms with Crippen LogP contribution < -0.4 is 5.32 Å². The van der Waals surface area contributed by atoms with Gasteiger partial charge in [-0.2, -0.15) is 0 Å². The number of nitrogens with zero attached hydrogens (tertiary/aromatic N) is 2. The van der Waals surface area contributed by atoms with Crippen molar-refractivity contribution in [2.75, 3.05) is 45.8 Å². The van der Waals surface area contributed by atoms with Crippen molar-refractivity contribution in [2.24, 2.45) is 16.7 Å². The molecule has 1 N–H and O–H groups in total. The van der Waals surface area contributed by atoms with Crippen LogP contribution in [0, 0.1) is 16.7 Å². The van der Waals surface area contributed by atoms with Gasteiger partial charge in [0.05, 0.1) is 5.41 Å². The molecule has 4 rings (SSSR count). The molecule has 3 aliphatic heterocycles. The molecule has 0 aromatic heterocycles. The second kappa shape index (κ2) is 5.48.